The van der Waals surface area contributed by atoms with Crippen molar-refractivity contribution in [2.75, 3.05) is 45.8 Å². The van der Waals surface area contributed by atoms with Gasteiger partial charge in [-0.05, 0) is 293 Å². The largest absolute Gasteiger partial charge is 0.355 e. The van der Waals surface area contributed by atoms with E-state index in [1.54, 1.807) is 0 Å². The van der Waals surface area contributed by atoms with Crippen LogP contribution in [0.4, 0.5) is 0 Å². The van der Waals surface area contributed by atoms with E-state index in [0.717, 1.165) is 77.5 Å². The van der Waals surface area contributed by atoms with Crippen LogP contribution in [-0.2, 0) is 33.6 Å². The molecule has 13 N–H and O–H groups in total. The van der Waals surface area contributed by atoms with Gasteiger partial charge in [0.25, 0.3) is 0 Å². The zero-order chi connectivity index (χ0) is 76.3. The first-order chi connectivity index (χ1) is 45.2. The third-order valence-electron chi connectivity index (χ3n) is 16.7. The highest BCUT2D eigenvalue weighted by molar-refractivity contribution is 5.95. The molecule has 0 saturated heterocycles. The third kappa shape index (κ3) is 53.6. The second-order valence-electron chi connectivity index (χ2n) is 38.2. The van der Waals surface area contributed by atoms with Crippen LogP contribution in [0.25, 0.3) is 0 Å². The molecule has 20 nitrogen and oxygen atoms in total. The van der Waals surface area contributed by atoms with Crippen molar-refractivity contribution in [3.63, 3.8) is 0 Å². The van der Waals surface area contributed by atoms with Crippen LogP contribution in [0.3, 0.4) is 0 Å². The highest BCUT2D eigenvalue weighted by Crippen LogP contribution is 2.29. The van der Waals surface area contributed by atoms with Gasteiger partial charge in [-0.1, -0.05) is 67.2 Å². The van der Waals surface area contributed by atoms with Gasteiger partial charge in [0, 0.05) is 69.7 Å². The Kier molecular flexibility index (Phi) is 43.7. The average molecular weight is 1400 g/mol. The molecule has 0 fully saturated rings. The van der Waals surface area contributed by atoms with Crippen LogP contribution in [0, 0.1) is 16.7 Å². The maximum absolute atomic E-state index is 14.8. The molecule has 7 atom stereocenters. The first-order valence-corrected chi connectivity index (χ1v) is 38.8. The normalized spacial score (nSPS) is 15.3. The Hall–Kier alpha value is -3.79. The number of amides is 6. The van der Waals surface area contributed by atoms with Crippen LogP contribution in [0.15, 0.2) is 0 Å². The van der Waals surface area contributed by atoms with Gasteiger partial charge >= 0.3 is 0 Å². The lowest BCUT2D eigenvalue weighted by Crippen LogP contribution is -2.57. The van der Waals surface area contributed by atoms with E-state index in [0.29, 0.717) is 96.6 Å². The number of carbonyl (C=O) groups excluding carboxylic acids is 7. The number of hydrogen-bond donors (Lipinski definition) is 13. The van der Waals surface area contributed by atoms with Crippen molar-refractivity contribution in [3.05, 3.63) is 0 Å². The Morgan fingerprint density at radius 3 is 0.768 bits per heavy atom. The summed E-state index contributed by atoms with van der Waals surface area (Å²) in [6, 6.07) is -3.96. The molecule has 7 unspecified atom stereocenters. The molecule has 0 aromatic heterocycles. The van der Waals surface area contributed by atoms with Crippen LogP contribution < -0.4 is 69.1 Å². The minimum atomic E-state index is -0.970. The van der Waals surface area contributed by atoms with Crippen molar-refractivity contribution in [3.8, 4) is 0 Å². The van der Waals surface area contributed by atoms with E-state index >= 15 is 0 Å². The fourth-order valence-corrected chi connectivity index (χ4v) is 11.8. The highest BCUT2D eigenvalue weighted by atomic mass is 16.2. The SMILES string of the molecule is CC(C)(C)CC(CCCCNC(C)(C)C)C(=O)NC(CCCCNC(=O)C(CCCCNC(C)(C)C)NC(C)(C)C)C(=O)NCCCCC(NC(=O)C(CCCCNC(=O)C(CCCCNC(C)(C)C)NC(C)(C)C)NC(=O)C(CCCCNC(C)(C)C)NC(C)(C)C)C(=O)C(C)(C)C. The summed E-state index contributed by atoms with van der Waals surface area (Å²) < 4.78 is 0. The molecule has 582 valence electrons. The second kappa shape index (κ2) is 45.4. The molecule has 0 aliphatic heterocycles. The summed E-state index contributed by atoms with van der Waals surface area (Å²) in [5.41, 5.74) is -1.86. The smallest absolute Gasteiger partial charge is 0.243 e. The molecule has 6 amide bonds. The van der Waals surface area contributed by atoms with Gasteiger partial charge in [0.05, 0.1) is 24.2 Å². The van der Waals surface area contributed by atoms with Gasteiger partial charge in [0.2, 0.25) is 35.4 Å². The van der Waals surface area contributed by atoms with E-state index in [4.69, 9.17) is 0 Å². The van der Waals surface area contributed by atoms with Gasteiger partial charge < -0.3 is 69.1 Å². The van der Waals surface area contributed by atoms with Gasteiger partial charge in [-0.3, -0.25) is 33.6 Å². The maximum atomic E-state index is 14.8. The predicted molar refractivity (Wildman–Crippen MR) is 415 cm³/mol. The molecule has 0 aliphatic carbocycles. The molecule has 0 radical (unpaired) electrons. The second-order valence-corrected chi connectivity index (χ2v) is 38.2. The fourth-order valence-electron chi connectivity index (χ4n) is 11.8. The molecule has 0 rings (SSSR count). The fraction of sp³-hybridized carbons (Fsp3) is 0.911. The Bertz CT molecular complexity index is 2300. The third-order valence-corrected chi connectivity index (χ3v) is 16.7. The van der Waals surface area contributed by atoms with Crippen LogP contribution in [0.5, 0.6) is 0 Å². The summed E-state index contributed by atoms with van der Waals surface area (Å²) in [6.45, 7) is 60.6. The average Bonchev–Trinajstić information content (AvgIpc) is 0.862. The zero-order valence-electron chi connectivity index (χ0n) is 68.9. The van der Waals surface area contributed by atoms with E-state index in [2.05, 4.69) is 215 Å². The number of hydrogen-bond acceptors (Lipinski definition) is 14. The van der Waals surface area contributed by atoms with Crippen LogP contribution in [0.2, 0.25) is 0 Å². The summed E-state index contributed by atoms with van der Waals surface area (Å²) in [7, 11) is 0. The molecule has 0 bridgehead atoms. The van der Waals surface area contributed by atoms with Gasteiger partial charge in [-0.25, -0.2) is 0 Å². The number of nitrogens with one attached hydrogen (secondary N) is 13. The number of ketones is 1. The summed E-state index contributed by atoms with van der Waals surface area (Å²) in [5.74, 6) is -1.71. The monoisotopic (exact) mass is 1400 g/mol. The Balaban J connectivity index is 6.74. The van der Waals surface area contributed by atoms with Crippen LogP contribution >= 0.6 is 0 Å². The molecule has 99 heavy (non-hydrogen) atoms. The van der Waals surface area contributed by atoms with E-state index in [-0.39, 0.29) is 105 Å². The molecular formula is C79H159N13O7. The molecular weight excluding hydrogens is 1240 g/mol. The summed E-state index contributed by atoms with van der Waals surface area (Å²) in [4.78, 5) is 100.0. The van der Waals surface area contributed by atoms with Crippen molar-refractivity contribution in [1.29, 1.82) is 0 Å². The minimum absolute atomic E-state index is 0.00628. The lowest BCUT2D eigenvalue weighted by atomic mass is 9.82. The Morgan fingerprint density at radius 2 is 0.475 bits per heavy atom. The first kappa shape index (κ1) is 95.2. The summed E-state index contributed by atoms with van der Waals surface area (Å²) in [6.07, 6.45) is 14.6. The Morgan fingerprint density at radius 1 is 0.242 bits per heavy atom. The lowest BCUT2D eigenvalue weighted by Gasteiger charge is -2.31. The predicted octanol–water partition coefficient (Wildman–Crippen LogP) is 11.5. The molecule has 0 heterocycles. The number of carbonyl (C=O) groups is 7. The lowest BCUT2D eigenvalue weighted by molar-refractivity contribution is -0.135. The maximum Gasteiger partial charge on any atom is 0.243 e. The van der Waals surface area contributed by atoms with Crippen molar-refractivity contribution in [2.24, 2.45) is 16.7 Å². The molecule has 0 aromatic rings. The quantitative estimate of drug-likeness (QED) is 0.0253. The minimum Gasteiger partial charge on any atom is -0.355 e. The van der Waals surface area contributed by atoms with Gasteiger partial charge in [0.1, 0.15) is 12.1 Å². The van der Waals surface area contributed by atoms with Crippen LogP contribution in [-0.4, -0.2) is 162 Å². The highest BCUT2D eigenvalue weighted by Gasteiger charge is 2.35. The number of rotatable bonds is 49. The van der Waals surface area contributed by atoms with Crippen molar-refractivity contribution < 1.29 is 33.6 Å². The van der Waals surface area contributed by atoms with Crippen molar-refractivity contribution >= 4 is 41.2 Å². The van der Waals surface area contributed by atoms with Crippen molar-refractivity contribution in [2.45, 2.75) is 403 Å². The molecule has 20 heteroatoms. The Labute approximate surface area is 606 Å². The molecule has 0 aromatic carbocycles. The summed E-state index contributed by atoms with van der Waals surface area (Å²) >= 11 is 0. The standard InChI is InChI=1S/C79H159N13O7/c1-71(2,3)56-57(42-28-38-52-83-73(7,8)9)65(94)88-59(44-30-36-50-81-67(96)61(90-77(19,20)21)46-32-39-53-84-74(10,11)12)66(95)80-49-35-29-43-58(64(93)72(4,5)6)87-69(98)60(89-70(99)63(92-79(25,26)27)48-34-41-55-86-76(16,17)18)45-31-37-51-82-68(97)62(91-78(22,23)24)47-33-40-54-85-75(13,14)15/h57-63,83-86,90-92H,28-56H2,1-27H3,(H,80,95)(H,81,96)(H,82,97)(H,87,98)(H,88,94)(H,89,99). The summed E-state index contributed by atoms with van der Waals surface area (Å²) in [5, 5.41) is 43.6. The van der Waals surface area contributed by atoms with E-state index < -0.39 is 41.0 Å². The van der Waals surface area contributed by atoms with Crippen molar-refractivity contribution in [1.82, 2.24) is 69.1 Å². The van der Waals surface area contributed by atoms with E-state index in [1.165, 1.54) is 0 Å². The van der Waals surface area contributed by atoms with Crippen LogP contribution in [0.1, 0.15) is 328 Å². The van der Waals surface area contributed by atoms with Gasteiger partial charge in [-0.15, -0.1) is 0 Å². The van der Waals surface area contributed by atoms with Gasteiger partial charge in [-0.2, -0.15) is 0 Å². The number of Topliss-reactive ketones (excluding diaryl/α,β-unsaturated/α-hetero) is 1. The molecule has 0 spiro atoms. The van der Waals surface area contributed by atoms with Gasteiger partial charge in [0.15, 0.2) is 5.78 Å². The molecule has 0 saturated carbocycles. The molecule has 0 aliphatic rings. The zero-order valence-corrected chi connectivity index (χ0v) is 68.9. The number of unbranched alkanes of at least 4 members (excludes halogenated alkanes) is 7. The first-order valence-electron chi connectivity index (χ1n) is 38.8. The topological polar surface area (TPSA) is 276 Å². The van der Waals surface area contributed by atoms with E-state index in [1.807, 2.05) is 41.5 Å². The van der Waals surface area contributed by atoms with E-state index in [9.17, 15) is 33.6 Å².